The third kappa shape index (κ3) is 2.47. The Kier molecular flexibility index (Phi) is 3.72. The lowest BCUT2D eigenvalue weighted by Crippen LogP contribution is -2.42. The van der Waals surface area contributed by atoms with Crippen molar-refractivity contribution in [2.45, 2.75) is 19.4 Å². The lowest BCUT2D eigenvalue weighted by Gasteiger charge is -2.22. The molecule has 0 bridgehead atoms. The molecule has 1 aromatic heterocycles. The Hall–Kier alpha value is -0.630. The van der Waals surface area contributed by atoms with Crippen LogP contribution in [0.15, 0.2) is 11.4 Å². The van der Waals surface area contributed by atoms with Crippen LogP contribution < -0.4 is 0 Å². The van der Waals surface area contributed by atoms with Gasteiger partial charge in [0.1, 0.15) is 6.04 Å². The van der Waals surface area contributed by atoms with E-state index >= 15 is 0 Å². The molecular weight excluding hydrogens is 353 g/mol. The molecule has 17 heavy (non-hydrogen) atoms. The maximum Gasteiger partial charge on any atom is 0.326 e. The van der Waals surface area contributed by atoms with E-state index < -0.39 is 12.0 Å². The Bertz CT molecular complexity index is 459. The number of carbonyl (C=O) groups is 2. The molecule has 2 heterocycles. The zero-order chi connectivity index (χ0) is 12.6. The normalized spacial score (nSPS) is 24.0. The van der Waals surface area contributed by atoms with Crippen LogP contribution in [0.1, 0.15) is 23.7 Å². The van der Waals surface area contributed by atoms with Gasteiger partial charge in [-0.15, -0.1) is 11.3 Å². The smallest absolute Gasteiger partial charge is 0.326 e. The van der Waals surface area contributed by atoms with E-state index in [2.05, 4.69) is 22.6 Å². The molecule has 1 N–H and O–H groups in total. The van der Waals surface area contributed by atoms with Crippen molar-refractivity contribution in [1.29, 1.82) is 0 Å². The van der Waals surface area contributed by atoms with Crippen LogP contribution in [0, 0.1) is 8.80 Å². The molecule has 0 saturated carbocycles. The van der Waals surface area contributed by atoms with Gasteiger partial charge in [-0.05, 0) is 41.0 Å². The van der Waals surface area contributed by atoms with Gasteiger partial charge < -0.3 is 10.0 Å². The number of carboxylic acid groups (broad SMARTS) is 1. The number of carbonyl (C=O) groups excluding carboxylic acids is 1. The summed E-state index contributed by atoms with van der Waals surface area (Å²) in [5, 5.41) is 10.9. The molecule has 1 aliphatic heterocycles. The highest BCUT2D eigenvalue weighted by atomic mass is 127. The second-order valence-corrected chi connectivity index (χ2v) is 6.99. The third-order valence-electron chi connectivity index (χ3n) is 3.03. The summed E-state index contributed by atoms with van der Waals surface area (Å²) >= 11 is 3.65. The summed E-state index contributed by atoms with van der Waals surface area (Å²) in [6.45, 7) is 2.41. The van der Waals surface area contributed by atoms with E-state index in [1.807, 2.05) is 6.92 Å². The number of carboxylic acids is 1. The highest BCUT2D eigenvalue weighted by Crippen LogP contribution is 2.27. The molecule has 0 aromatic carbocycles. The lowest BCUT2D eigenvalue weighted by atomic mass is 10.0. The molecule has 1 aliphatic rings. The van der Waals surface area contributed by atoms with E-state index in [0.717, 1.165) is 9.30 Å². The molecule has 2 atom stereocenters. The molecule has 6 heteroatoms. The largest absolute Gasteiger partial charge is 0.480 e. The van der Waals surface area contributed by atoms with Crippen molar-refractivity contribution in [2.75, 3.05) is 6.54 Å². The van der Waals surface area contributed by atoms with Crippen molar-refractivity contribution in [3.05, 3.63) is 19.9 Å². The second kappa shape index (κ2) is 4.93. The molecule has 1 fully saturated rings. The topological polar surface area (TPSA) is 57.6 Å². The molecule has 92 valence electrons. The Morgan fingerprint density at radius 2 is 2.29 bits per heavy atom. The van der Waals surface area contributed by atoms with E-state index in [0.29, 0.717) is 12.1 Å². The Morgan fingerprint density at radius 3 is 2.82 bits per heavy atom. The van der Waals surface area contributed by atoms with Crippen molar-refractivity contribution in [3.8, 4) is 0 Å². The summed E-state index contributed by atoms with van der Waals surface area (Å²) < 4.78 is 1.03. The first-order valence-corrected chi connectivity index (χ1v) is 7.24. The number of hydrogen-bond donors (Lipinski definition) is 1. The SMILES string of the molecule is CC1CCN(C(=O)c2csc(I)c2)C1C(=O)O. The predicted molar refractivity (Wildman–Crippen MR) is 73.3 cm³/mol. The minimum absolute atomic E-state index is 0.0224. The van der Waals surface area contributed by atoms with Gasteiger partial charge in [-0.2, -0.15) is 0 Å². The van der Waals surface area contributed by atoms with E-state index in [-0.39, 0.29) is 11.8 Å². The van der Waals surface area contributed by atoms with Crippen LogP contribution in [-0.2, 0) is 4.79 Å². The summed E-state index contributed by atoms with van der Waals surface area (Å²) in [5.74, 6) is -1.05. The average Bonchev–Trinajstić information content (AvgIpc) is 2.83. The Balaban J connectivity index is 2.22. The van der Waals surface area contributed by atoms with Gasteiger partial charge in [-0.1, -0.05) is 6.92 Å². The summed E-state index contributed by atoms with van der Waals surface area (Å²) in [4.78, 5) is 24.8. The summed E-state index contributed by atoms with van der Waals surface area (Å²) in [5.41, 5.74) is 0.597. The van der Waals surface area contributed by atoms with Gasteiger partial charge in [-0.25, -0.2) is 4.79 Å². The molecule has 4 nitrogen and oxygen atoms in total. The molecule has 0 radical (unpaired) electrons. The third-order valence-corrected chi connectivity index (χ3v) is 4.82. The van der Waals surface area contributed by atoms with Gasteiger partial charge in [0.05, 0.1) is 8.45 Å². The van der Waals surface area contributed by atoms with Crippen LogP contribution in [0.3, 0.4) is 0 Å². The van der Waals surface area contributed by atoms with Crippen molar-refractivity contribution >= 4 is 45.8 Å². The van der Waals surface area contributed by atoms with Gasteiger partial charge in [0.2, 0.25) is 0 Å². The summed E-state index contributed by atoms with van der Waals surface area (Å²) in [7, 11) is 0. The van der Waals surface area contributed by atoms with Crippen LogP contribution in [0.25, 0.3) is 0 Å². The van der Waals surface area contributed by atoms with E-state index in [1.54, 1.807) is 11.4 Å². The fourth-order valence-corrected chi connectivity index (χ4v) is 3.46. The van der Waals surface area contributed by atoms with Crippen molar-refractivity contribution < 1.29 is 14.7 Å². The second-order valence-electron chi connectivity index (χ2n) is 4.19. The average molecular weight is 365 g/mol. The van der Waals surface area contributed by atoms with Gasteiger partial charge >= 0.3 is 5.97 Å². The maximum absolute atomic E-state index is 12.2. The van der Waals surface area contributed by atoms with Crippen molar-refractivity contribution in [2.24, 2.45) is 5.92 Å². The number of likely N-dealkylation sites (tertiary alicyclic amines) is 1. The van der Waals surface area contributed by atoms with Crippen LogP contribution in [0.2, 0.25) is 0 Å². The number of aliphatic carboxylic acids is 1. The quantitative estimate of drug-likeness (QED) is 0.819. The monoisotopic (exact) mass is 365 g/mol. The van der Waals surface area contributed by atoms with Gasteiger partial charge in [0.15, 0.2) is 0 Å². The van der Waals surface area contributed by atoms with Crippen LogP contribution in [0.5, 0.6) is 0 Å². The minimum atomic E-state index is -0.909. The van der Waals surface area contributed by atoms with E-state index in [4.69, 9.17) is 5.11 Å². The first-order chi connectivity index (χ1) is 8.00. The van der Waals surface area contributed by atoms with Crippen LogP contribution >= 0.6 is 33.9 Å². The van der Waals surface area contributed by atoms with Crippen molar-refractivity contribution in [3.63, 3.8) is 0 Å². The summed E-state index contributed by atoms with van der Waals surface area (Å²) in [6, 6.07) is 1.12. The maximum atomic E-state index is 12.2. The zero-order valence-corrected chi connectivity index (χ0v) is 12.2. The first-order valence-electron chi connectivity index (χ1n) is 5.28. The molecule has 0 spiro atoms. The molecule has 1 aromatic rings. The number of halogens is 1. The Morgan fingerprint density at radius 1 is 1.59 bits per heavy atom. The number of hydrogen-bond acceptors (Lipinski definition) is 3. The molecular formula is C11H12INO3S. The molecule has 2 rings (SSSR count). The predicted octanol–water partition coefficient (Wildman–Crippen LogP) is 2.29. The molecule has 1 saturated heterocycles. The number of thiophene rings is 1. The fraction of sp³-hybridized carbons (Fsp3) is 0.455. The van der Waals surface area contributed by atoms with E-state index in [9.17, 15) is 9.59 Å². The van der Waals surface area contributed by atoms with Gasteiger partial charge in [-0.3, -0.25) is 4.79 Å². The summed E-state index contributed by atoms with van der Waals surface area (Å²) in [6.07, 6.45) is 0.754. The van der Waals surface area contributed by atoms with Gasteiger partial charge in [0.25, 0.3) is 5.91 Å². The fourth-order valence-electron chi connectivity index (χ4n) is 2.14. The number of nitrogens with zero attached hydrogens (tertiary/aromatic N) is 1. The zero-order valence-electron chi connectivity index (χ0n) is 9.22. The molecule has 2 unspecified atom stereocenters. The lowest BCUT2D eigenvalue weighted by molar-refractivity contribution is -0.142. The highest BCUT2D eigenvalue weighted by molar-refractivity contribution is 14.1. The molecule has 1 amide bonds. The molecule has 0 aliphatic carbocycles. The first kappa shape index (κ1) is 12.8. The minimum Gasteiger partial charge on any atom is -0.480 e. The van der Waals surface area contributed by atoms with Crippen molar-refractivity contribution in [1.82, 2.24) is 4.90 Å². The van der Waals surface area contributed by atoms with Gasteiger partial charge in [0, 0.05) is 11.9 Å². The highest BCUT2D eigenvalue weighted by Gasteiger charge is 2.39. The van der Waals surface area contributed by atoms with E-state index in [1.165, 1.54) is 16.2 Å². The standard InChI is InChI=1S/C11H12INO3S/c1-6-2-3-13(9(6)11(15)16)10(14)7-4-8(12)17-5-7/h4-6,9H,2-3H2,1H3,(H,15,16). The number of rotatable bonds is 2. The van der Waals surface area contributed by atoms with Crippen LogP contribution in [0.4, 0.5) is 0 Å². The Labute approximate surface area is 117 Å². The van der Waals surface area contributed by atoms with Crippen LogP contribution in [-0.4, -0.2) is 34.5 Å². The number of amides is 1.